The summed E-state index contributed by atoms with van der Waals surface area (Å²) in [6.45, 7) is 1.04. The van der Waals surface area contributed by atoms with Gasteiger partial charge in [-0.1, -0.05) is 0 Å². The highest BCUT2D eigenvalue weighted by atomic mass is 32.1. The minimum Gasteiger partial charge on any atom is -0.375 e. The van der Waals surface area contributed by atoms with Crippen molar-refractivity contribution in [3.8, 4) is 0 Å². The number of hydrogen-bond donors (Lipinski definition) is 2. The number of anilines is 1. The van der Waals surface area contributed by atoms with Crippen LogP contribution < -0.4 is 11.1 Å². The Labute approximate surface area is 70.6 Å². The fourth-order valence-electron chi connectivity index (χ4n) is 0.884. The quantitative estimate of drug-likeness (QED) is 0.661. The Kier molecular flexibility index (Phi) is 3.32. The Hall–Kier alpha value is -0.610. The molecule has 4 heteroatoms. The molecule has 1 heterocycles. The van der Waals surface area contributed by atoms with Crippen molar-refractivity contribution in [3.05, 3.63) is 11.1 Å². The van der Waals surface area contributed by atoms with Gasteiger partial charge in [-0.05, 0) is 26.4 Å². The lowest BCUT2D eigenvalue weighted by Gasteiger charge is -1.94. The lowest BCUT2D eigenvalue weighted by atomic mass is 10.2. The predicted molar refractivity (Wildman–Crippen MR) is 48.8 cm³/mol. The molecule has 0 aliphatic heterocycles. The van der Waals surface area contributed by atoms with Crippen LogP contribution in [0.5, 0.6) is 0 Å². The summed E-state index contributed by atoms with van der Waals surface area (Å²) in [4.78, 5) is 4.15. The molecule has 0 bridgehead atoms. The first kappa shape index (κ1) is 8.49. The molecule has 0 atom stereocenters. The van der Waals surface area contributed by atoms with Gasteiger partial charge < -0.3 is 11.1 Å². The summed E-state index contributed by atoms with van der Waals surface area (Å²) in [7, 11) is 1.95. The van der Waals surface area contributed by atoms with Gasteiger partial charge in [0.15, 0.2) is 5.13 Å². The third-order valence-corrected chi connectivity index (χ3v) is 2.15. The van der Waals surface area contributed by atoms with Crippen molar-refractivity contribution >= 4 is 16.5 Å². The van der Waals surface area contributed by atoms with Crippen molar-refractivity contribution in [3.63, 3.8) is 0 Å². The van der Waals surface area contributed by atoms with Crippen molar-refractivity contribution in [1.29, 1.82) is 0 Å². The fourth-order valence-corrected chi connectivity index (χ4v) is 1.48. The largest absolute Gasteiger partial charge is 0.375 e. The van der Waals surface area contributed by atoms with Gasteiger partial charge in [0.1, 0.15) is 0 Å². The SMILES string of the molecule is CNCCCc1csc(N)n1. The second kappa shape index (κ2) is 4.31. The van der Waals surface area contributed by atoms with E-state index in [1.807, 2.05) is 12.4 Å². The van der Waals surface area contributed by atoms with Crippen LogP contribution in [0.3, 0.4) is 0 Å². The first-order valence-corrected chi connectivity index (χ1v) is 4.55. The molecule has 0 aromatic carbocycles. The molecule has 0 saturated carbocycles. The van der Waals surface area contributed by atoms with Gasteiger partial charge in [-0.3, -0.25) is 0 Å². The number of nitrogens with two attached hydrogens (primary N) is 1. The summed E-state index contributed by atoms with van der Waals surface area (Å²) in [6, 6.07) is 0. The van der Waals surface area contributed by atoms with Crippen LogP contribution in [0.1, 0.15) is 12.1 Å². The summed E-state index contributed by atoms with van der Waals surface area (Å²) in [5, 5.41) is 5.78. The number of nitrogens with zero attached hydrogens (tertiary/aromatic N) is 1. The van der Waals surface area contributed by atoms with E-state index in [2.05, 4.69) is 10.3 Å². The minimum atomic E-state index is 0.671. The molecule has 0 aliphatic carbocycles. The van der Waals surface area contributed by atoms with Crippen LogP contribution in [0.25, 0.3) is 0 Å². The maximum atomic E-state index is 5.47. The number of nitrogen functional groups attached to an aromatic ring is 1. The maximum Gasteiger partial charge on any atom is 0.180 e. The van der Waals surface area contributed by atoms with Gasteiger partial charge in [-0.25, -0.2) is 4.98 Å². The highest BCUT2D eigenvalue weighted by molar-refractivity contribution is 7.13. The molecular weight excluding hydrogens is 158 g/mol. The average molecular weight is 171 g/mol. The lowest BCUT2D eigenvalue weighted by Crippen LogP contribution is -2.08. The monoisotopic (exact) mass is 171 g/mol. The highest BCUT2D eigenvalue weighted by Gasteiger charge is 1.96. The van der Waals surface area contributed by atoms with E-state index < -0.39 is 0 Å². The van der Waals surface area contributed by atoms with E-state index >= 15 is 0 Å². The summed E-state index contributed by atoms with van der Waals surface area (Å²) in [5.41, 5.74) is 6.59. The Balaban J connectivity index is 2.27. The van der Waals surface area contributed by atoms with E-state index in [9.17, 15) is 0 Å². The zero-order valence-corrected chi connectivity index (χ0v) is 7.45. The van der Waals surface area contributed by atoms with Crippen LogP contribution in [0, 0.1) is 0 Å². The molecule has 0 unspecified atom stereocenters. The number of rotatable bonds is 4. The Morgan fingerprint density at radius 1 is 1.73 bits per heavy atom. The molecule has 1 rings (SSSR count). The van der Waals surface area contributed by atoms with Crippen LogP contribution in [-0.2, 0) is 6.42 Å². The van der Waals surface area contributed by atoms with Gasteiger partial charge in [-0.2, -0.15) is 0 Å². The molecule has 3 N–H and O–H groups in total. The number of hydrogen-bond acceptors (Lipinski definition) is 4. The van der Waals surface area contributed by atoms with Crippen LogP contribution in [0.4, 0.5) is 5.13 Å². The van der Waals surface area contributed by atoms with E-state index in [1.165, 1.54) is 11.3 Å². The van der Waals surface area contributed by atoms with Crippen LogP contribution in [0.15, 0.2) is 5.38 Å². The van der Waals surface area contributed by atoms with Gasteiger partial charge in [-0.15, -0.1) is 11.3 Å². The summed E-state index contributed by atoms with van der Waals surface area (Å²) < 4.78 is 0. The summed E-state index contributed by atoms with van der Waals surface area (Å²) in [5.74, 6) is 0. The van der Waals surface area contributed by atoms with E-state index in [0.717, 1.165) is 25.1 Å². The highest BCUT2D eigenvalue weighted by Crippen LogP contribution is 2.11. The molecule has 0 fully saturated rings. The lowest BCUT2D eigenvalue weighted by molar-refractivity contribution is 0.718. The third-order valence-electron chi connectivity index (χ3n) is 1.43. The molecule has 0 aliphatic rings. The first-order valence-electron chi connectivity index (χ1n) is 3.67. The molecule has 0 spiro atoms. The molecule has 3 nitrogen and oxygen atoms in total. The van der Waals surface area contributed by atoms with Crippen molar-refractivity contribution < 1.29 is 0 Å². The van der Waals surface area contributed by atoms with Crippen molar-refractivity contribution in [2.75, 3.05) is 19.3 Å². The number of aromatic nitrogens is 1. The Morgan fingerprint density at radius 2 is 2.55 bits per heavy atom. The third kappa shape index (κ3) is 2.86. The summed E-state index contributed by atoms with van der Waals surface area (Å²) in [6.07, 6.45) is 2.15. The zero-order chi connectivity index (χ0) is 8.10. The average Bonchev–Trinajstić information content (AvgIpc) is 2.37. The van der Waals surface area contributed by atoms with Crippen molar-refractivity contribution in [2.24, 2.45) is 0 Å². The molecule has 0 saturated heterocycles. The van der Waals surface area contributed by atoms with Gasteiger partial charge in [0.25, 0.3) is 0 Å². The second-order valence-corrected chi connectivity index (χ2v) is 3.27. The molecular formula is C7H13N3S. The minimum absolute atomic E-state index is 0.671. The predicted octanol–water partition coefficient (Wildman–Crippen LogP) is 0.877. The smallest absolute Gasteiger partial charge is 0.180 e. The van der Waals surface area contributed by atoms with Crippen LogP contribution >= 0.6 is 11.3 Å². The van der Waals surface area contributed by atoms with Crippen LogP contribution in [0.2, 0.25) is 0 Å². The van der Waals surface area contributed by atoms with E-state index in [1.54, 1.807) is 0 Å². The van der Waals surface area contributed by atoms with E-state index in [0.29, 0.717) is 5.13 Å². The molecule has 62 valence electrons. The summed E-state index contributed by atoms with van der Waals surface area (Å²) >= 11 is 1.51. The molecule has 1 aromatic rings. The molecule has 11 heavy (non-hydrogen) atoms. The van der Waals surface area contributed by atoms with Gasteiger partial charge >= 0.3 is 0 Å². The van der Waals surface area contributed by atoms with E-state index in [-0.39, 0.29) is 0 Å². The Morgan fingerprint density at radius 3 is 3.09 bits per heavy atom. The normalized spacial score (nSPS) is 10.3. The first-order chi connectivity index (χ1) is 5.33. The zero-order valence-electron chi connectivity index (χ0n) is 6.63. The van der Waals surface area contributed by atoms with Gasteiger partial charge in [0.2, 0.25) is 0 Å². The topological polar surface area (TPSA) is 50.9 Å². The fraction of sp³-hybridized carbons (Fsp3) is 0.571. The molecule has 0 radical (unpaired) electrons. The number of aryl methyl sites for hydroxylation is 1. The van der Waals surface area contributed by atoms with Crippen molar-refractivity contribution in [1.82, 2.24) is 10.3 Å². The van der Waals surface area contributed by atoms with Gasteiger partial charge in [0.05, 0.1) is 5.69 Å². The Bertz CT molecular complexity index is 209. The molecule has 0 amide bonds. The number of nitrogens with one attached hydrogen (secondary N) is 1. The van der Waals surface area contributed by atoms with Crippen molar-refractivity contribution in [2.45, 2.75) is 12.8 Å². The molecule has 1 aromatic heterocycles. The van der Waals surface area contributed by atoms with E-state index in [4.69, 9.17) is 5.73 Å². The van der Waals surface area contributed by atoms with Crippen LogP contribution in [-0.4, -0.2) is 18.6 Å². The second-order valence-electron chi connectivity index (χ2n) is 2.38. The number of thiazole rings is 1. The maximum absolute atomic E-state index is 5.47. The van der Waals surface area contributed by atoms with Gasteiger partial charge in [0, 0.05) is 5.38 Å². The standard InChI is InChI=1S/C7H13N3S/c1-9-4-2-3-6-5-11-7(8)10-6/h5,9H,2-4H2,1H3,(H2,8,10).